The van der Waals surface area contributed by atoms with Crippen LogP contribution in [-0.4, -0.2) is 34.5 Å². The second kappa shape index (κ2) is 8.39. The van der Waals surface area contributed by atoms with Gasteiger partial charge < -0.3 is 16.3 Å². The van der Waals surface area contributed by atoms with Gasteiger partial charge in [-0.2, -0.15) is 11.8 Å². The lowest BCUT2D eigenvalue weighted by Gasteiger charge is -2.31. The molecule has 1 saturated carbocycles. The summed E-state index contributed by atoms with van der Waals surface area (Å²) in [4.78, 5) is 12.7. The maximum atomic E-state index is 12.7. The summed E-state index contributed by atoms with van der Waals surface area (Å²) in [5.41, 5.74) is 5.04. The first kappa shape index (κ1) is 17.1. The zero-order valence-electron chi connectivity index (χ0n) is 12.5. The molecule has 0 aromatic rings. The van der Waals surface area contributed by atoms with E-state index >= 15 is 0 Å². The van der Waals surface area contributed by atoms with Gasteiger partial charge in [-0.15, -0.1) is 0 Å². The Morgan fingerprint density at radius 2 is 2.00 bits per heavy atom. The third kappa shape index (κ3) is 4.30. The predicted molar refractivity (Wildman–Crippen MR) is 84.1 cm³/mol. The Labute approximate surface area is 125 Å². The zero-order chi connectivity index (χ0) is 15.0. The number of carbonyl (C=O) groups excluding carboxylic acids is 1. The first-order chi connectivity index (χ1) is 9.56. The van der Waals surface area contributed by atoms with Gasteiger partial charge in [0.25, 0.3) is 0 Å². The molecule has 1 unspecified atom stereocenters. The molecule has 0 saturated heterocycles. The van der Waals surface area contributed by atoms with E-state index in [1.165, 1.54) is 0 Å². The highest BCUT2D eigenvalue weighted by atomic mass is 32.2. The van der Waals surface area contributed by atoms with E-state index in [-0.39, 0.29) is 17.8 Å². The Bertz CT molecular complexity index is 339. The summed E-state index contributed by atoms with van der Waals surface area (Å²) in [5.74, 6) is 1.89. The topological polar surface area (TPSA) is 87.7 Å². The summed E-state index contributed by atoms with van der Waals surface area (Å²) in [6, 6.07) is 0.0964. The molecule has 20 heavy (non-hydrogen) atoms. The highest BCUT2D eigenvalue weighted by Gasteiger charge is 2.43. The van der Waals surface area contributed by atoms with E-state index in [1.54, 1.807) is 11.8 Å². The molecule has 4 N–H and O–H groups in total. The number of oxime groups is 1. The van der Waals surface area contributed by atoms with Crippen molar-refractivity contribution in [3.05, 3.63) is 0 Å². The van der Waals surface area contributed by atoms with Gasteiger partial charge >= 0.3 is 0 Å². The molecule has 0 radical (unpaired) electrons. The molecule has 1 rings (SSSR count). The third-order valence-electron chi connectivity index (χ3n) is 3.94. The van der Waals surface area contributed by atoms with E-state index in [2.05, 4.69) is 17.4 Å². The van der Waals surface area contributed by atoms with Crippen LogP contribution in [0, 0.1) is 5.41 Å². The fourth-order valence-corrected chi connectivity index (χ4v) is 3.40. The molecule has 6 heteroatoms. The van der Waals surface area contributed by atoms with E-state index in [4.69, 9.17) is 10.9 Å². The van der Waals surface area contributed by atoms with E-state index in [0.717, 1.165) is 37.2 Å². The van der Waals surface area contributed by atoms with Gasteiger partial charge in [-0.1, -0.05) is 37.8 Å². The first-order valence-corrected chi connectivity index (χ1v) is 8.59. The Kier molecular flexibility index (Phi) is 7.19. The minimum atomic E-state index is -0.823. The van der Waals surface area contributed by atoms with Gasteiger partial charge in [-0.3, -0.25) is 4.79 Å². The maximum Gasteiger partial charge on any atom is 0.234 e. The fourth-order valence-electron chi connectivity index (χ4n) is 2.73. The highest BCUT2D eigenvalue weighted by molar-refractivity contribution is 7.99. The van der Waals surface area contributed by atoms with Crippen molar-refractivity contribution in [1.82, 2.24) is 5.32 Å². The Balaban J connectivity index is 2.79. The van der Waals surface area contributed by atoms with E-state index in [1.807, 2.05) is 6.92 Å². The molecular formula is C14H27N3O2S. The van der Waals surface area contributed by atoms with Crippen molar-refractivity contribution in [1.29, 1.82) is 0 Å². The molecule has 0 aromatic heterocycles. The highest BCUT2D eigenvalue weighted by Crippen LogP contribution is 2.35. The molecule has 0 spiro atoms. The van der Waals surface area contributed by atoms with Crippen LogP contribution < -0.4 is 11.1 Å². The molecule has 1 atom stereocenters. The summed E-state index contributed by atoms with van der Waals surface area (Å²) >= 11 is 1.80. The number of hydrogen-bond acceptors (Lipinski definition) is 4. The van der Waals surface area contributed by atoms with Gasteiger partial charge in [-0.05, 0) is 25.5 Å². The Morgan fingerprint density at radius 3 is 2.50 bits per heavy atom. The number of hydrogen-bond donors (Lipinski definition) is 3. The third-order valence-corrected chi connectivity index (χ3v) is 5.08. The number of carbonyl (C=O) groups is 1. The van der Waals surface area contributed by atoms with E-state index < -0.39 is 5.41 Å². The van der Waals surface area contributed by atoms with Crippen LogP contribution in [0.15, 0.2) is 5.16 Å². The van der Waals surface area contributed by atoms with Gasteiger partial charge in [0.1, 0.15) is 5.41 Å². The Morgan fingerprint density at radius 1 is 1.40 bits per heavy atom. The molecule has 1 aliphatic rings. The zero-order valence-corrected chi connectivity index (χ0v) is 13.3. The molecular weight excluding hydrogens is 274 g/mol. The van der Waals surface area contributed by atoms with Crippen LogP contribution in [0.4, 0.5) is 0 Å². The normalized spacial score (nSPS) is 21.0. The molecule has 5 nitrogen and oxygen atoms in total. The van der Waals surface area contributed by atoms with Crippen molar-refractivity contribution in [2.45, 2.75) is 58.4 Å². The number of amides is 1. The second-order valence-electron chi connectivity index (χ2n) is 5.52. The minimum Gasteiger partial charge on any atom is -0.409 e. The van der Waals surface area contributed by atoms with Crippen molar-refractivity contribution in [3.8, 4) is 0 Å². The molecule has 116 valence electrons. The lowest BCUT2D eigenvalue weighted by atomic mass is 9.78. The average molecular weight is 301 g/mol. The number of nitrogens with one attached hydrogen (secondary N) is 1. The SMILES string of the molecule is CCSCC(C)NC(=O)C1(C(N)=NO)CCCCCC1. The van der Waals surface area contributed by atoms with Crippen molar-refractivity contribution in [2.75, 3.05) is 11.5 Å². The summed E-state index contributed by atoms with van der Waals surface area (Å²) < 4.78 is 0. The number of amidine groups is 1. The summed E-state index contributed by atoms with van der Waals surface area (Å²) in [7, 11) is 0. The van der Waals surface area contributed by atoms with Crippen LogP contribution in [0.25, 0.3) is 0 Å². The molecule has 1 fully saturated rings. The lowest BCUT2D eigenvalue weighted by molar-refractivity contribution is -0.128. The number of rotatable bonds is 6. The van der Waals surface area contributed by atoms with Gasteiger partial charge in [0.2, 0.25) is 5.91 Å². The van der Waals surface area contributed by atoms with Crippen LogP contribution in [0.2, 0.25) is 0 Å². The van der Waals surface area contributed by atoms with Gasteiger partial charge in [0.15, 0.2) is 5.84 Å². The summed E-state index contributed by atoms with van der Waals surface area (Å²) in [6.07, 6.45) is 5.44. The van der Waals surface area contributed by atoms with Crippen LogP contribution in [-0.2, 0) is 4.79 Å². The standard InChI is InChI=1S/C14H27N3O2S/c1-3-20-10-11(2)16-13(18)14(12(15)17-19)8-6-4-5-7-9-14/h11,19H,3-10H2,1-2H3,(H2,15,17)(H,16,18). The number of nitrogens with zero attached hydrogens (tertiary/aromatic N) is 1. The number of thioether (sulfide) groups is 1. The molecule has 1 aliphatic carbocycles. The van der Waals surface area contributed by atoms with E-state index in [0.29, 0.717) is 12.8 Å². The quantitative estimate of drug-likeness (QED) is 0.231. The molecule has 0 bridgehead atoms. The van der Waals surface area contributed by atoms with Crippen LogP contribution in [0.1, 0.15) is 52.4 Å². The first-order valence-electron chi connectivity index (χ1n) is 7.43. The summed E-state index contributed by atoms with van der Waals surface area (Å²) in [5, 5.41) is 15.2. The molecule has 1 amide bonds. The van der Waals surface area contributed by atoms with Crippen LogP contribution >= 0.6 is 11.8 Å². The van der Waals surface area contributed by atoms with Crippen molar-refractivity contribution in [3.63, 3.8) is 0 Å². The average Bonchev–Trinajstić information content (AvgIpc) is 2.70. The van der Waals surface area contributed by atoms with Gasteiger partial charge in [-0.25, -0.2) is 0 Å². The Hall–Kier alpha value is -0.910. The molecule has 0 heterocycles. The smallest absolute Gasteiger partial charge is 0.234 e. The number of nitrogens with two attached hydrogens (primary N) is 1. The van der Waals surface area contributed by atoms with E-state index in [9.17, 15) is 4.79 Å². The second-order valence-corrected chi connectivity index (χ2v) is 6.83. The monoisotopic (exact) mass is 301 g/mol. The predicted octanol–water partition coefficient (Wildman–Crippen LogP) is 2.33. The molecule has 0 aromatic carbocycles. The van der Waals surface area contributed by atoms with Crippen molar-refractivity contribution < 1.29 is 10.0 Å². The lowest BCUT2D eigenvalue weighted by Crippen LogP contribution is -2.52. The fraction of sp³-hybridized carbons (Fsp3) is 0.857. The van der Waals surface area contributed by atoms with Crippen LogP contribution in [0.3, 0.4) is 0 Å². The van der Waals surface area contributed by atoms with Crippen molar-refractivity contribution >= 4 is 23.5 Å². The van der Waals surface area contributed by atoms with Crippen molar-refractivity contribution in [2.24, 2.45) is 16.3 Å². The largest absolute Gasteiger partial charge is 0.409 e. The van der Waals surface area contributed by atoms with Gasteiger partial charge in [0.05, 0.1) is 0 Å². The maximum absolute atomic E-state index is 12.7. The van der Waals surface area contributed by atoms with Crippen LogP contribution in [0.5, 0.6) is 0 Å². The molecule has 0 aliphatic heterocycles. The summed E-state index contributed by atoms with van der Waals surface area (Å²) in [6.45, 7) is 4.10. The van der Waals surface area contributed by atoms with Gasteiger partial charge in [0, 0.05) is 11.8 Å². The minimum absolute atomic E-state index is 0.0623.